The zero-order chi connectivity index (χ0) is 9.40. The highest BCUT2D eigenvalue weighted by atomic mass is 35.6. The molecule has 0 aromatic rings. The Morgan fingerprint density at radius 1 is 1.33 bits per heavy atom. The lowest BCUT2D eigenvalue weighted by Crippen LogP contribution is -2.15. The maximum atomic E-state index is 6.25. The predicted molar refractivity (Wildman–Crippen MR) is 60.7 cm³/mol. The van der Waals surface area contributed by atoms with E-state index in [1.54, 1.807) is 0 Å². The van der Waals surface area contributed by atoms with Crippen molar-refractivity contribution in [2.75, 3.05) is 13.1 Å². The Labute approximate surface area is 83.2 Å². The number of nitrogens with one attached hydrogen (secondary N) is 1. The molecule has 0 aliphatic heterocycles. The SMILES string of the molecule is CCNCCCC[SiH](Cl)C(C)C. The van der Waals surface area contributed by atoms with Crippen LogP contribution in [-0.2, 0) is 0 Å². The summed E-state index contributed by atoms with van der Waals surface area (Å²) < 4.78 is 0. The van der Waals surface area contributed by atoms with Crippen LogP contribution in [0.15, 0.2) is 0 Å². The van der Waals surface area contributed by atoms with Crippen molar-refractivity contribution < 1.29 is 0 Å². The van der Waals surface area contributed by atoms with Gasteiger partial charge in [-0.2, -0.15) is 11.1 Å². The second-order valence-electron chi connectivity index (χ2n) is 3.61. The molecule has 0 bridgehead atoms. The molecule has 0 aliphatic rings. The monoisotopic (exact) mass is 207 g/mol. The van der Waals surface area contributed by atoms with E-state index in [-0.39, 0.29) is 0 Å². The first-order chi connectivity index (χ1) is 5.68. The fourth-order valence-corrected chi connectivity index (χ4v) is 2.91. The molecule has 0 heterocycles. The van der Waals surface area contributed by atoms with Crippen molar-refractivity contribution >= 4 is 19.2 Å². The lowest BCUT2D eigenvalue weighted by molar-refractivity contribution is 0.661. The molecule has 0 radical (unpaired) electrons. The van der Waals surface area contributed by atoms with Crippen LogP contribution in [0.2, 0.25) is 11.6 Å². The van der Waals surface area contributed by atoms with Gasteiger partial charge in [-0.25, -0.2) is 0 Å². The molecule has 0 saturated carbocycles. The number of unbranched alkanes of at least 4 members (excludes halogenated alkanes) is 1. The van der Waals surface area contributed by atoms with Crippen molar-refractivity contribution in [1.82, 2.24) is 5.32 Å². The van der Waals surface area contributed by atoms with E-state index in [2.05, 4.69) is 26.1 Å². The number of hydrogen-bond donors (Lipinski definition) is 1. The van der Waals surface area contributed by atoms with E-state index in [1.807, 2.05) is 0 Å². The average molecular weight is 208 g/mol. The molecule has 0 aromatic heterocycles. The van der Waals surface area contributed by atoms with Gasteiger partial charge in [-0.05, 0) is 31.1 Å². The molecule has 0 spiro atoms. The molecule has 3 heteroatoms. The van der Waals surface area contributed by atoms with Crippen molar-refractivity contribution in [3.8, 4) is 0 Å². The van der Waals surface area contributed by atoms with Gasteiger partial charge < -0.3 is 5.32 Å². The van der Waals surface area contributed by atoms with Gasteiger partial charge in [0.25, 0.3) is 0 Å². The van der Waals surface area contributed by atoms with E-state index in [0.29, 0.717) is 0 Å². The summed E-state index contributed by atoms with van der Waals surface area (Å²) in [5.74, 6) is 0. The molecule has 0 rings (SSSR count). The fraction of sp³-hybridized carbons (Fsp3) is 1.00. The second kappa shape index (κ2) is 8.08. The summed E-state index contributed by atoms with van der Waals surface area (Å²) in [6, 6.07) is 1.30. The first-order valence-corrected chi connectivity index (χ1v) is 8.26. The minimum absolute atomic E-state index is 0.755. The maximum absolute atomic E-state index is 6.25. The zero-order valence-electron chi connectivity index (χ0n) is 8.57. The van der Waals surface area contributed by atoms with E-state index in [0.717, 1.165) is 18.6 Å². The van der Waals surface area contributed by atoms with Gasteiger partial charge in [0.1, 0.15) is 8.11 Å². The van der Waals surface area contributed by atoms with Gasteiger partial charge in [0.15, 0.2) is 0 Å². The van der Waals surface area contributed by atoms with Crippen molar-refractivity contribution in [1.29, 1.82) is 0 Å². The third-order valence-corrected chi connectivity index (χ3v) is 6.63. The van der Waals surface area contributed by atoms with Gasteiger partial charge >= 0.3 is 0 Å². The molecule has 1 N–H and O–H groups in total. The predicted octanol–water partition coefficient (Wildman–Crippen LogP) is 2.75. The van der Waals surface area contributed by atoms with Crippen LogP contribution in [0, 0.1) is 0 Å². The molecule has 0 aromatic carbocycles. The molecule has 74 valence electrons. The molecular formula is C9H22ClNSi. The largest absolute Gasteiger partial charge is 0.317 e. The van der Waals surface area contributed by atoms with Crippen LogP contribution in [0.3, 0.4) is 0 Å². The van der Waals surface area contributed by atoms with E-state index >= 15 is 0 Å². The Hall–Kier alpha value is 0.467. The Kier molecular flexibility index (Phi) is 8.40. The summed E-state index contributed by atoms with van der Waals surface area (Å²) in [7, 11) is -0.883. The third kappa shape index (κ3) is 7.13. The zero-order valence-corrected chi connectivity index (χ0v) is 10.5. The molecule has 0 saturated heterocycles. The summed E-state index contributed by atoms with van der Waals surface area (Å²) in [4.78, 5) is 0. The standard InChI is InChI=1S/C9H22ClNSi/c1-4-11-7-5-6-8-12(10)9(2)3/h9,11-12H,4-8H2,1-3H3. The molecule has 0 fully saturated rings. The molecule has 1 nitrogen and oxygen atoms in total. The van der Waals surface area contributed by atoms with Crippen LogP contribution in [0.5, 0.6) is 0 Å². The first kappa shape index (κ1) is 12.5. The number of hydrogen-bond acceptors (Lipinski definition) is 1. The molecular weight excluding hydrogens is 186 g/mol. The van der Waals surface area contributed by atoms with Crippen LogP contribution in [0.1, 0.15) is 33.6 Å². The maximum Gasteiger partial charge on any atom is 0.143 e. The molecule has 1 unspecified atom stereocenters. The highest BCUT2D eigenvalue weighted by Gasteiger charge is 2.10. The Morgan fingerprint density at radius 3 is 2.50 bits per heavy atom. The summed E-state index contributed by atoms with van der Waals surface area (Å²) in [5.41, 5.74) is 0.755. The van der Waals surface area contributed by atoms with Crippen LogP contribution in [-0.4, -0.2) is 21.2 Å². The van der Waals surface area contributed by atoms with Crippen LogP contribution >= 0.6 is 11.1 Å². The highest BCUT2D eigenvalue weighted by molar-refractivity contribution is 7.07. The first-order valence-electron chi connectivity index (χ1n) is 5.03. The average Bonchev–Trinajstić information content (AvgIpc) is 2.03. The van der Waals surface area contributed by atoms with Crippen molar-refractivity contribution in [2.45, 2.75) is 45.2 Å². The van der Waals surface area contributed by atoms with E-state index < -0.39 is 8.11 Å². The summed E-state index contributed by atoms with van der Waals surface area (Å²) in [6.45, 7) is 8.88. The highest BCUT2D eigenvalue weighted by Crippen LogP contribution is 2.17. The van der Waals surface area contributed by atoms with Gasteiger partial charge in [0.05, 0.1) is 0 Å². The summed E-state index contributed by atoms with van der Waals surface area (Å²) in [5, 5.41) is 3.32. The fourth-order valence-electron chi connectivity index (χ4n) is 1.10. The Bertz CT molecular complexity index is 98.5. The second-order valence-corrected chi connectivity index (χ2v) is 8.23. The normalized spacial score (nSPS) is 13.8. The van der Waals surface area contributed by atoms with E-state index in [9.17, 15) is 0 Å². The Balaban J connectivity index is 3.08. The lowest BCUT2D eigenvalue weighted by atomic mass is 10.3. The smallest absolute Gasteiger partial charge is 0.143 e. The third-order valence-electron chi connectivity index (χ3n) is 2.06. The van der Waals surface area contributed by atoms with Crippen LogP contribution < -0.4 is 5.32 Å². The summed E-state index contributed by atoms with van der Waals surface area (Å²) >= 11 is 6.25. The van der Waals surface area contributed by atoms with Gasteiger partial charge in [0.2, 0.25) is 0 Å². The molecule has 12 heavy (non-hydrogen) atoms. The van der Waals surface area contributed by atoms with Crippen molar-refractivity contribution in [3.05, 3.63) is 0 Å². The van der Waals surface area contributed by atoms with Crippen LogP contribution in [0.4, 0.5) is 0 Å². The van der Waals surface area contributed by atoms with Gasteiger partial charge in [-0.1, -0.05) is 27.2 Å². The minimum atomic E-state index is -0.883. The van der Waals surface area contributed by atoms with Crippen LogP contribution in [0.25, 0.3) is 0 Å². The molecule has 0 aliphatic carbocycles. The summed E-state index contributed by atoms with van der Waals surface area (Å²) in [6.07, 6.45) is 2.60. The van der Waals surface area contributed by atoms with Crippen molar-refractivity contribution in [2.24, 2.45) is 0 Å². The number of rotatable bonds is 7. The van der Waals surface area contributed by atoms with Gasteiger partial charge in [-0.15, -0.1) is 0 Å². The van der Waals surface area contributed by atoms with Crippen molar-refractivity contribution in [3.63, 3.8) is 0 Å². The molecule has 1 atom stereocenters. The number of halogens is 1. The van der Waals surface area contributed by atoms with Gasteiger partial charge in [0, 0.05) is 0 Å². The van der Waals surface area contributed by atoms with E-state index in [4.69, 9.17) is 11.1 Å². The minimum Gasteiger partial charge on any atom is -0.317 e. The topological polar surface area (TPSA) is 12.0 Å². The van der Waals surface area contributed by atoms with E-state index in [1.165, 1.54) is 18.9 Å². The Morgan fingerprint density at radius 2 is 2.00 bits per heavy atom. The lowest BCUT2D eigenvalue weighted by Gasteiger charge is -2.10. The molecule has 0 amide bonds. The van der Waals surface area contributed by atoms with Gasteiger partial charge in [-0.3, -0.25) is 0 Å². The quantitative estimate of drug-likeness (QED) is 0.385.